The first-order chi connectivity index (χ1) is 9.25. The van der Waals surface area contributed by atoms with Gasteiger partial charge in [-0.15, -0.1) is 0 Å². The van der Waals surface area contributed by atoms with E-state index in [1.54, 1.807) is 0 Å². The molecule has 6 heteroatoms. The summed E-state index contributed by atoms with van der Waals surface area (Å²) >= 11 is 2.09. The number of anilines is 1. The number of hydrogen-bond acceptors (Lipinski definition) is 4. The van der Waals surface area contributed by atoms with Crippen LogP contribution in [0.2, 0.25) is 0 Å². The van der Waals surface area contributed by atoms with Crippen molar-refractivity contribution in [3.63, 3.8) is 0 Å². The molecule has 0 spiro atoms. The summed E-state index contributed by atoms with van der Waals surface area (Å²) in [7, 11) is 0. The van der Waals surface area contributed by atoms with E-state index in [9.17, 15) is 4.79 Å². The Morgan fingerprint density at radius 3 is 2.84 bits per heavy atom. The molecule has 0 aliphatic carbocycles. The van der Waals surface area contributed by atoms with Crippen LogP contribution in [0, 0.1) is 3.57 Å². The van der Waals surface area contributed by atoms with Crippen molar-refractivity contribution in [2.75, 3.05) is 31.1 Å². The number of piperidine rings is 1. The molecular formula is C13H19IN4O. The van der Waals surface area contributed by atoms with Crippen LogP contribution in [0.25, 0.3) is 0 Å². The van der Waals surface area contributed by atoms with Crippen LogP contribution >= 0.6 is 22.6 Å². The maximum atomic E-state index is 11.6. The van der Waals surface area contributed by atoms with Gasteiger partial charge in [-0.2, -0.15) is 0 Å². The highest BCUT2D eigenvalue weighted by molar-refractivity contribution is 14.1. The number of halogens is 1. The number of nitrogens with one attached hydrogen (secondary N) is 1. The Morgan fingerprint density at radius 2 is 2.05 bits per heavy atom. The summed E-state index contributed by atoms with van der Waals surface area (Å²) in [6.07, 6.45) is 6.73. The maximum absolute atomic E-state index is 11.6. The molecule has 0 bridgehead atoms. The first-order valence-electron chi connectivity index (χ1n) is 6.98. The van der Waals surface area contributed by atoms with Crippen molar-refractivity contribution < 1.29 is 0 Å². The summed E-state index contributed by atoms with van der Waals surface area (Å²) in [6.45, 7) is 4.48. The first-order valence-corrected chi connectivity index (χ1v) is 8.06. The molecule has 0 radical (unpaired) electrons. The van der Waals surface area contributed by atoms with Gasteiger partial charge in [0.15, 0.2) is 0 Å². The van der Waals surface area contributed by atoms with Crippen molar-refractivity contribution in [3.05, 3.63) is 20.3 Å². The van der Waals surface area contributed by atoms with Gasteiger partial charge >= 0.3 is 0 Å². The maximum Gasteiger partial charge on any atom is 0.266 e. The van der Waals surface area contributed by atoms with Crippen LogP contribution in [0.5, 0.6) is 0 Å². The highest BCUT2D eigenvalue weighted by Crippen LogP contribution is 2.25. The Hall–Kier alpha value is -0.630. The molecule has 1 N–H and O–H groups in total. The number of rotatable bonds is 2. The quantitative estimate of drug-likeness (QED) is 0.797. The van der Waals surface area contributed by atoms with E-state index in [1.165, 1.54) is 45.1 Å². The predicted octanol–water partition coefficient (Wildman–Crippen LogP) is 1.44. The van der Waals surface area contributed by atoms with E-state index in [0.29, 0.717) is 9.61 Å². The number of aromatic amines is 1. The van der Waals surface area contributed by atoms with Crippen LogP contribution in [0.3, 0.4) is 0 Å². The second-order valence-corrected chi connectivity index (χ2v) is 6.43. The number of aromatic nitrogens is 2. The van der Waals surface area contributed by atoms with Crippen molar-refractivity contribution in [1.82, 2.24) is 14.9 Å². The van der Waals surface area contributed by atoms with Gasteiger partial charge < -0.3 is 9.88 Å². The molecule has 2 saturated heterocycles. The van der Waals surface area contributed by atoms with E-state index in [4.69, 9.17) is 0 Å². The zero-order valence-electron chi connectivity index (χ0n) is 10.9. The molecule has 1 atom stereocenters. The minimum Gasteiger partial charge on any atom is -0.354 e. The van der Waals surface area contributed by atoms with Gasteiger partial charge in [0.1, 0.15) is 9.39 Å². The molecule has 2 fully saturated rings. The third kappa shape index (κ3) is 2.79. The minimum atomic E-state index is -0.0352. The number of nitrogens with zero attached hydrogens (tertiary/aromatic N) is 3. The average molecular weight is 374 g/mol. The zero-order valence-corrected chi connectivity index (χ0v) is 13.1. The second-order valence-electron chi connectivity index (χ2n) is 5.35. The highest BCUT2D eigenvalue weighted by atomic mass is 127. The Kier molecular flexibility index (Phi) is 4.07. The van der Waals surface area contributed by atoms with E-state index in [0.717, 1.165) is 18.9 Å². The third-order valence-corrected chi connectivity index (χ3v) is 5.12. The Morgan fingerprint density at radius 1 is 1.26 bits per heavy atom. The second kappa shape index (κ2) is 5.78. The van der Waals surface area contributed by atoms with Gasteiger partial charge in [-0.1, -0.05) is 6.42 Å². The van der Waals surface area contributed by atoms with Gasteiger partial charge in [0.2, 0.25) is 0 Å². The normalized spacial score (nSPS) is 24.9. The van der Waals surface area contributed by atoms with E-state index >= 15 is 0 Å². The van der Waals surface area contributed by atoms with Crippen molar-refractivity contribution >= 4 is 28.4 Å². The zero-order chi connectivity index (χ0) is 13.2. The first kappa shape index (κ1) is 13.4. The van der Waals surface area contributed by atoms with E-state index in [1.807, 2.05) is 0 Å². The van der Waals surface area contributed by atoms with Gasteiger partial charge in [-0.25, -0.2) is 4.98 Å². The smallest absolute Gasteiger partial charge is 0.266 e. The summed E-state index contributed by atoms with van der Waals surface area (Å²) in [5, 5.41) is 0. The fourth-order valence-electron chi connectivity index (χ4n) is 3.11. The molecule has 19 heavy (non-hydrogen) atoms. The Bertz CT molecular complexity index is 498. The Labute approximate surface area is 126 Å². The molecular weight excluding hydrogens is 355 g/mol. The molecule has 0 amide bonds. The number of likely N-dealkylation sites (tertiary alicyclic amines) is 1. The topological polar surface area (TPSA) is 52.2 Å². The lowest BCUT2D eigenvalue weighted by Crippen LogP contribution is -2.41. The molecule has 0 aromatic carbocycles. The van der Waals surface area contributed by atoms with Crippen LogP contribution in [0.1, 0.15) is 25.7 Å². The molecule has 3 rings (SSSR count). The molecule has 5 nitrogen and oxygen atoms in total. The van der Waals surface area contributed by atoms with E-state index in [2.05, 4.69) is 42.4 Å². The summed E-state index contributed by atoms with van der Waals surface area (Å²) in [5.74, 6) is 0.851. The van der Waals surface area contributed by atoms with Crippen LogP contribution in [-0.2, 0) is 0 Å². The van der Waals surface area contributed by atoms with Crippen molar-refractivity contribution in [1.29, 1.82) is 0 Å². The standard InChI is InChI=1S/C13H19IN4O/c14-11-12(15-9-16-13(11)19)18-7-4-10(8-18)17-5-2-1-3-6-17/h9-10H,1-8H2,(H,15,16,19). The predicted molar refractivity (Wildman–Crippen MR) is 83.6 cm³/mol. The van der Waals surface area contributed by atoms with Crippen LogP contribution in [-0.4, -0.2) is 47.1 Å². The highest BCUT2D eigenvalue weighted by Gasteiger charge is 2.30. The summed E-state index contributed by atoms with van der Waals surface area (Å²) in [4.78, 5) is 23.5. The lowest BCUT2D eigenvalue weighted by atomic mass is 10.1. The van der Waals surface area contributed by atoms with Gasteiger partial charge in [0.05, 0.1) is 6.33 Å². The number of H-pyrrole nitrogens is 1. The van der Waals surface area contributed by atoms with Gasteiger partial charge in [0, 0.05) is 19.1 Å². The van der Waals surface area contributed by atoms with Gasteiger partial charge in [-0.05, 0) is 54.9 Å². The monoisotopic (exact) mass is 374 g/mol. The lowest BCUT2D eigenvalue weighted by molar-refractivity contribution is 0.174. The van der Waals surface area contributed by atoms with Crippen molar-refractivity contribution in [2.24, 2.45) is 0 Å². The van der Waals surface area contributed by atoms with Crippen molar-refractivity contribution in [3.8, 4) is 0 Å². The van der Waals surface area contributed by atoms with E-state index < -0.39 is 0 Å². The molecule has 0 saturated carbocycles. The van der Waals surface area contributed by atoms with Crippen LogP contribution in [0.15, 0.2) is 11.1 Å². The summed E-state index contributed by atoms with van der Waals surface area (Å²) in [6, 6.07) is 0.636. The lowest BCUT2D eigenvalue weighted by Gasteiger charge is -2.32. The molecule has 104 valence electrons. The van der Waals surface area contributed by atoms with Crippen LogP contribution in [0.4, 0.5) is 5.82 Å². The van der Waals surface area contributed by atoms with E-state index in [-0.39, 0.29) is 5.56 Å². The molecule has 1 aromatic rings. The molecule has 1 unspecified atom stereocenters. The molecule has 2 aliphatic heterocycles. The molecule has 2 aliphatic rings. The average Bonchev–Trinajstić information content (AvgIpc) is 2.92. The fraction of sp³-hybridized carbons (Fsp3) is 0.692. The Balaban J connectivity index is 1.71. The summed E-state index contributed by atoms with van der Waals surface area (Å²) < 4.78 is 0.708. The largest absolute Gasteiger partial charge is 0.354 e. The van der Waals surface area contributed by atoms with Gasteiger partial charge in [-0.3, -0.25) is 9.69 Å². The van der Waals surface area contributed by atoms with Crippen LogP contribution < -0.4 is 10.5 Å². The van der Waals surface area contributed by atoms with Crippen molar-refractivity contribution in [2.45, 2.75) is 31.7 Å². The fourth-order valence-corrected chi connectivity index (χ4v) is 3.75. The number of hydrogen-bond donors (Lipinski definition) is 1. The SMILES string of the molecule is O=c1[nH]cnc(N2CCC(N3CCCCC3)C2)c1I. The summed E-state index contributed by atoms with van der Waals surface area (Å²) in [5.41, 5.74) is -0.0352. The molecule has 3 heterocycles. The molecule has 1 aromatic heterocycles. The third-order valence-electron chi connectivity index (χ3n) is 4.15. The van der Waals surface area contributed by atoms with Gasteiger partial charge in [0.25, 0.3) is 5.56 Å². The minimum absolute atomic E-state index is 0.0352.